The number of nitrogens with zero attached hydrogens (tertiary/aromatic N) is 2. The van der Waals surface area contributed by atoms with Gasteiger partial charge in [0.05, 0.1) is 30.4 Å². The predicted octanol–water partition coefficient (Wildman–Crippen LogP) is 3.51. The fourth-order valence-electron chi connectivity index (χ4n) is 2.97. The number of carbonyl (C=O) groups excluding carboxylic acids is 1. The molecule has 0 saturated heterocycles. The van der Waals surface area contributed by atoms with Crippen LogP contribution in [0.15, 0.2) is 41.6 Å². The van der Waals surface area contributed by atoms with Crippen LogP contribution in [0, 0.1) is 10.1 Å². The molecule has 0 bridgehead atoms. The van der Waals surface area contributed by atoms with Gasteiger partial charge in [0.2, 0.25) is 0 Å². The first-order valence-corrected chi connectivity index (χ1v) is 8.31. The number of nitro groups is 1. The predicted molar refractivity (Wildman–Crippen MR) is 97.5 cm³/mol. The lowest BCUT2D eigenvalue weighted by Gasteiger charge is -2.17. The van der Waals surface area contributed by atoms with Gasteiger partial charge in [-0.05, 0) is 55.2 Å². The summed E-state index contributed by atoms with van der Waals surface area (Å²) in [4.78, 5) is 27.8. The molecule has 2 aromatic rings. The lowest BCUT2D eigenvalue weighted by molar-refractivity contribution is -0.385. The number of methoxy groups -OCH3 is 2. The smallest absolute Gasteiger partial charge is 0.365 e. The van der Waals surface area contributed by atoms with E-state index in [4.69, 9.17) is 14.3 Å². The van der Waals surface area contributed by atoms with E-state index < -0.39 is 10.9 Å². The van der Waals surface area contributed by atoms with Crippen LogP contribution in [0.2, 0.25) is 0 Å². The van der Waals surface area contributed by atoms with Gasteiger partial charge in [-0.15, -0.1) is 0 Å². The molecule has 0 N–H and O–H groups in total. The Kier molecular flexibility index (Phi) is 5.35. The number of rotatable bonds is 5. The van der Waals surface area contributed by atoms with Crippen LogP contribution in [-0.4, -0.2) is 30.8 Å². The van der Waals surface area contributed by atoms with Crippen LogP contribution in [-0.2, 0) is 11.3 Å². The van der Waals surface area contributed by atoms with Gasteiger partial charge in [-0.3, -0.25) is 10.1 Å². The van der Waals surface area contributed by atoms with Gasteiger partial charge in [-0.2, -0.15) is 0 Å². The molecule has 0 radical (unpaired) electrons. The second-order valence-corrected chi connectivity index (χ2v) is 5.94. The van der Waals surface area contributed by atoms with Gasteiger partial charge in [-0.1, -0.05) is 5.16 Å². The second-order valence-electron chi connectivity index (χ2n) is 5.94. The number of aryl methyl sites for hydroxylation is 1. The Balaban J connectivity index is 1.82. The fourth-order valence-corrected chi connectivity index (χ4v) is 2.97. The zero-order valence-electron chi connectivity index (χ0n) is 14.9. The van der Waals surface area contributed by atoms with Crippen molar-refractivity contribution in [1.29, 1.82) is 0 Å². The van der Waals surface area contributed by atoms with E-state index in [-0.39, 0.29) is 17.0 Å². The van der Waals surface area contributed by atoms with Crippen molar-refractivity contribution in [3.63, 3.8) is 0 Å². The maximum atomic E-state index is 12.3. The number of oxime groups is 1. The molecule has 0 aliphatic heterocycles. The number of ether oxygens (including phenoxy) is 2. The van der Waals surface area contributed by atoms with E-state index in [1.54, 1.807) is 7.11 Å². The Hall–Kier alpha value is -3.42. The SMILES string of the molecule is COc1ccc2c(c1)CCCC2=NOC(=O)c1ccc(OC)c([N+](=O)[O-])c1. The Morgan fingerprint density at radius 2 is 1.93 bits per heavy atom. The zero-order valence-corrected chi connectivity index (χ0v) is 14.9. The molecule has 1 aliphatic rings. The van der Waals surface area contributed by atoms with Gasteiger partial charge in [0.1, 0.15) is 5.75 Å². The first-order chi connectivity index (χ1) is 13.0. The van der Waals surface area contributed by atoms with Crippen molar-refractivity contribution in [3.05, 3.63) is 63.2 Å². The van der Waals surface area contributed by atoms with E-state index >= 15 is 0 Å². The molecule has 0 heterocycles. The maximum absolute atomic E-state index is 12.3. The van der Waals surface area contributed by atoms with Crippen molar-refractivity contribution in [3.8, 4) is 11.5 Å². The van der Waals surface area contributed by atoms with Crippen molar-refractivity contribution < 1.29 is 24.0 Å². The van der Waals surface area contributed by atoms with Crippen LogP contribution >= 0.6 is 0 Å². The van der Waals surface area contributed by atoms with Gasteiger partial charge in [0.25, 0.3) is 0 Å². The molecule has 0 saturated carbocycles. The van der Waals surface area contributed by atoms with Crippen molar-refractivity contribution in [2.24, 2.45) is 5.16 Å². The van der Waals surface area contributed by atoms with Crippen LogP contribution in [0.1, 0.15) is 34.3 Å². The van der Waals surface area contributed by atoms with E-state index in [0.29, 0.717) is 12.1 Å². The summed E-state index contributed by atoms with van der Waals surface area (Å²) in [5, 5.41) is 15.1. The molecule has 0 aromatic heterocycles. The summed E-state index contributed by atoms with van der Waals surface area (Å²) in [5.74, 6) is 0.0597. The van der Waals surface area contributed by atoms with Crippen molar-refractivity contribution >= 4 is 17.4 Å². The third-order valence-electron chi connectivity index (χ3n) is 4.33. The monoisotopic (exact) mass is 370 g/mol. The highest BCUT2D eigenvalue weighted by Crippen LogP contribution is 2.28. The molecule has 3 rings (SSSR count). The Bertz CT molecular complexity index is 922. The molecule has 0 spiro atoms. The molecular formula is C19H18N2O6. The molecule has 0 atom stereocenters. The number of benzene rings is 2. The summed E-state index contributed by atoms with van der Waals surface area (Å²) in [7, 11) is 2.93. The minimum Gasteiger partial charge on any atom is -0.497 e. The number of hydrogen-bond acceptors (Lipinski definition) is 7. The fraction of sp³-hybridized carbons (Fsp3) is 0.263. The third kappa shape index (κ3) is 3.89. The van der Waals surface area contributed by atoms with Crippen LogP contribution in [0.3, 0.4) is 0 Å². The van der Waals surface area contributed by atoms with Gasteiger partial charge >= 0.3 is 11.7 Å². The van der Waals surface area contributed by atoms with Gasteiger partial charge in [-0.25, -0.2) is 4.79 Å². The van der Waals surface area contributed by atoms with E-state index in [9.17, 15) is 14.9 Å². The summed E-state index contributed by atoms with van der Waals surface area (Å²) in [6.07, 6.45) is 2.45. The number of carbonyl (C=O) groups is 1. The molecule has 27 heavy (non-hydrogen) atoms. The third-order valence-corrected chi connectivity index (χ3v) is 4.33. The summed E-state index contributed by atoms with van der Waals surface area (Å²) in [5.41, 5.74) is 2.37. The van der Waals surface area contributed by atoms with Gasteiger partial charge < -0.3 is 14.3 Å². The number of hydrogen-bond donors (Lipinski definition) is 0. The largest absolute Gasteiger partial charge is 0.497 e. The Morgan fingerprint density at radius 1 is 1.11 bits per heavy atom. The van der Waals surface area contributed by atoms with Crippen LogP contribution in [0.4, 0.5) is 5.69 Å². The summed E-state index contributed by atoms with van der Waals surface area (Å²) in [6, 6.07) is 9.52. The molecule has 8 nitrogen and oxygen atoms in total. The highest BCUT2D eigenvalue weighted by atomic mass is 16.7. The zero-order chi connectivity index (χ0) is 19.4. The lowest BCUT2D eigenvalue weighted by Crippen LogP contribution is -2.14. The quantitative estimate of drug-likeness (QED) is 0.454. The van der Waals surface area contributed by atoms with E-state index in [0.717, 1.165) is 35.8 Å². The molecule has 2 aromatic carbocycles. The number of nitro benzene ring substituents is 1. The van der Waals surface area contributed by atoms with Crippen LogP contribution < -0.4 is 9.47 Å². The molecule has 1 aliphatic carbocycles. The lowest BCUT2D eigenvalue weighted by atomic mass is 9.90. The van der Waals surface area contributed by atoms with E-state index in [1.165, 1.54) is 19.2 Å². The first kappa shape index (κ1) is 18.4. The Labute approximate surface area is 155 Å². The number of fused-ring (bicyclic) bond motifs is 1. The van der Waals surface area contributed by atoms with Gasteiger partial charge in [0.15, 0.2) is 5.75 Å². The van der Waals surface area contributed by atoms with Gasteiger partial charge in [0, 0.05) is 11.6 Å². The standard InChI is InChI=1S/C19H18N2O6/c1-25-14-7-8-15-12(10-14)4-3-5-16(15)20-27-19(22)13-6-9-18(26-2)17(11-13)21(23)24/h6-11H,3-5H2,1-2H3. The normalized spacial score (nSPS) is 14.4. The molecule has 0 amide bonds. The summed E-state index contributed by atoms with van der Waals surface area (Å²) in [6.45, 7) is 0. The highest BCUT2D eigenvalue weighted by molar-refractivity contribution is 6.03. The topological polar surface area (TPSA) is 100 Å². The minimum absolute atomic E-state index is 0.0256. The van der Waals surface area contributed by atoms with Crippen molar-refractivity contribution in [2.75, 3.05) is 14.2 Å². The average molecular weight is 370 g/mol. The van der Waals surface area contributed by atoms with Crippen LogP contribution in [0.5, 0.6) is 11.5 Å². The first-order valence-electron chi connectivity index (χ1n) is 8.31. The van der Waals surface area contributed by atoms with Crippen molar-refractivity contribution in [1.82, 2.24) is 0 Å². The van der Waals surface area contributed by atoms with E-state index in [1.807, 2.05) is 18.2 Å². The summed E-state index contributed by atoms with van der Waals surface area (Å²) >= 11 is 0. The molecule has 0 unspecified atom stereocenters. The summed E-state index contributed by atoms with van der Waals surface area (Å²) < 4.78 is 10.2. The second kappa shape index (κ2) is 7.86. The molecule has 8 heteroatoms. The Morgan fingerprint density at radius 3 is 2.63 bits per heavy atom. The van der Waals surface area contributed by atoms with E-state index in [2.05, 4.69) is 5.16 Å². The maximum Gasteiger partial charge on any atom is 0.365 e. The molecule has 140 valence electrons. The van der Waals surface area contributed by atoms with Crippen molar-refractivity contribution in [2.45, 2.75) is 19.3 Å². The van der Waals surface area contributed by atoms with Crippen LogP contribution in [0.25, 0.3) is 0 Å². The highest BCUT2D eigenvalue weighted by Gasteiger charge is 2.21. The average Bonchev–Trinajstić information content (AvgIpc) is 2.70. The minimum atomic E-state index is -0.770. The molecular weight excluding hydrogens is 352 g/mol. The molecule has 0 fully saturated rings.